The molecule has 1 saturated heterocycles. The number of amides is 2. The Morgan fingerprint density at radius 2 is 1.92 bits per heavy atom. The number of piperazine rings is 1. The van der Waals surface area contributed by atoms with Crippen LogP contribution < -0.4 is 25.6 Å². The monoisotopic (exact) mass is 518 g/mol. The second-order valence-corrected chi connectivity index (χ2v) is 9.27. The molecule has 0 unspecified atom stereocenters. The first kappa shape index (κ1) is 27.9. The topological polar surface area (TPSA) is 145 Å². The van der Waals surface area contributed by atoms with E-state index in [9.17, 15) is 19.5 Å². The second-order valence-electron chi connectivity index (χ2n) is 9.27. The highest BCUT2D eigenvalue weighted by atomic mass is 16.6. The fourth-order valence-electron chi connectivity index (χ4n) is 4.20. The molecule has 12 heteroatoms. The first-order valence-electron chi connectivity index (χ1n) is 12.7. The van der Waals surface area contributed by atoms with Gasteiger partial charge in [0, 0.05) is 51.4 Å². The number of nitrogens with one attached hydrogen (secondary N) is 3. The van der Waals surface area contributed by atoms with Crippen LogP contribution in [0.3, 0.4) is 0 Å². The number of ether oxygens (including phenoxy) is 2. The van der Waals surface area contributed by atoms with Crippen molar-refractivity contribution in [2.75, 3.05) is 56.6 Å². The zero-order chi connectivity index (χ0) is 26.8. The highest BCUT2D eigenvalue weighted by Gasteiger charge is 2.26. The molecule has 0 bridgehead atoms. The second kappa shape index (κ2) is 13.6. The first-order valence-corrected chi connectivity index (χ1v) is 12.7. The molecule has 0 spiro atoms. The summed E-state index contributed by atoms with van der Waals surface area (Å²) in [7, 11) is 1.63. The Kier molecular flexibility index (Phi) is 10.2. The van der Waals surface area contributed by atoms with Gasteiger partial charge in [0.2, 0.25) is 5.91 Å². The van der Waals surface area contributed by atoms with E-state index in [1.54, 1.807) is 25.9 Å². The van der Waals surface area contributed by atoms with E-state index in [1.165, 1.54) is 0 Å². The zero-order valence-electron chi connectivity index (χ0n) is 21.8. The molecule has 0 aliphatic carbocycles. The van der Waals surface area contributed by atoms with Crippen LogP contribution >= 0.6 is 0 Å². The van der Waals surface area contributed by atoms with Crippen molar-refractivity contribution in [3.05, 3.63) is 18.2 Å². The fourth-order valence-corrected chi connectivity index (χ4v) is 4.20. The van der Waals surface area contributed by atoms with E-state index in [4.69, 9.17) is 9.47 Å². The average molecular weight is 519 g/mol. The number of aliphatic carboxylic acids is 1. The number of aliphatic imine (C=N–C) groups is 1. The summed E-state index contributed by atoms with van der Waals surface area (Å²) in [5, 5.41) is 18.4. The fraction of sp³-hybridized carbons (Fsp3) is 0.600. The highest BCUT2D eigenvalue weighted by Crippen LogP contribution is 2.32. The molecule has 12 nitrogen and oxygen atoms in total. The van der Waals surface area contributed by atoms with Gasteiger partial charge in [0.05, 0.1) is 18.9 Å². The van der Waals surface area contributed by atoms with Crippen LogP contribution in [0.4, 0.5) is 16.2 Å². The van der Waals surface area contributed by atoms with E-state index >= 15 is 0 Å². The molecular formula is C25H38N6O6. The van der Waals surface area contributed by atoms with Gasteiger partial charge >= 0.3 is 12.1 Å². The smallest absolute Gasteiger partial charge is 0.408 e. The Balaban J connectivity index is 1.55. The van der Waals surface area contributed by atoms with Crippen molar-refractivity contribution in [3.8, 4) is 5.75 Å². The first-order chi connectivity index (χ1) is 17.8. The Labute approximate surface area is 217 Å². The van der Waals surface area contributed by atoms with Crippen molar-refractivity contribution in [3.63, 3.8) is 0 Å². The van der Waals surface area contributed by atoms with Crippen molar-refractivity contribution in [1.29, 1.82) is 0 Å². The van der Waals surface area contributed by atoms with Crippen LogP contribution in [0.5, 0.6) is 5.75 Å². The lowest BCUT2D eigenvalue weighted by atomic mass is 10.1. The van der Waals surface area contributed by atoms with E-state index in [0.29, 0.717) is 26.2 Å². The summed E-state index contributed by atoms with van der Waals surface area (Å²) < 4.78 is 10.5. The van der Waals surface area contributed by atoms with Crippen molar-refractivity contribution in [2.45, 2.75) is 51.7 Å². The standard InChI is InChI=1S/C25H38N6O6/c1-17(2)37-25(35)29-19(23(33)34)7-9-22(32)31-14-12-30(13-15-31)20-16-18(6-8-21(20)36-3)28-24-26-10-4-5-11-27-24/h6,8,16-17,19H,4-5,7,9-15H2,1-3H3,(H,29,35)(H,33,34)(H2,26,27,28)/t19-/m0/s1. The number of benzene rings is 1. The minimum Gasteiger partial charge on any atom is -0.495 e. The SMILES string of the molecule is COc1ccc(NC2=NCCCCN2)cc1N1CCN(C(=O)CC[C@H](NC(=O)OC(C)C)C(=O)O)CC1. The van der Waals surface area contributed by atoms with Crippen LogP contribution in [-0.4, -0.2) is 92.5 Å². The predicted octanol–water partition coefficient (Wildman–Crippen LogP) is 1.86. The van der Waals surface area contributed by atoms with Crippen LogP contribution in [0.15, 0.2) is 23.2 Å². The minimum atomic E-state index is -1.20. The summed E-state index contributed by atoms with van der Waals surface area (Å²) in [6, 6.07) is 4.69. The van der Waals surface area contributed by atoms with E-state index in [2.05, 4.69) is 25.8 Å². The Morgan fingerprint density at radius 3 is 2.59 bits per heavy atom. The maximum absolute atomic E-state index is 12.8. The van der Waals surface area contributed by atoms with Crippen LogP contribution in [0, 0.1) is 0 Å². The van der Waals surface area contributed by atoms with Gasteiger partial charge < -0.3 is 40.3 Å². The number of rotatable bonds is 9. The number of carbonyl (C=O) groups is 3. The summed E-state index contributed by atoms with van der Waals surface area (Å²) >= 11 is 0. The van der Waals surface area contributed by atoms with Crippen molar-refractivity contribution in [2.24, 2.45) is 4.99 Å². The van der Waals surface area contributed by atoms with Gasteiger partial charge in [-0.05, 0) is 51.3 Å². The maximum atomic E-state index is 12.8. The third-order valence-electron chi connectivity index (χ3n) is 6.14. The van der Waals surface area contributed by atoms with Crippen LogP contribution in [0.1, 0.15) is 39.5 Å². The molecule has 1 atom stereocenters. The number of methoxy groups -OCH3 is 1. The lowest BCUT2D eigenvalue weighted by molar-refractivity contribution is -0.140. The molecule has 1 fully saturated rings. The molecule has 2 aliphatic heterocycles. The number of nitrogens with zero attached hydrogens (tertiary/aromatic N) is 3. The maximum Gasteiger partial charge on any atom is 0.408 e. The van der Waals surface area contributed by atoms with Crippen LogP contribution in [-0.2, 0) is 14.3 Å². The summed E-state index contributed by atoms with van der Waals surface area (Å²) in [5.41, 5.74) is 1.82. The van der Waals surface area contributed by atoms with Gasteiger partial charge in [-0.3, -0.25) is 9.79 Å². The molecule has 0 saturated carbocycles. The van der Waals surface area contributed by atoms with E-state index < -0.39 is 18.1 Å². The number of guanidine groups is 1. The molecule has 0 radical (unpaired) electrons. The number of carboxylic acid groups (broad SMARTS) is 1. The normalized spacial score (nSPS) is 16.7. The Morgan fingerprint density at radius 1 is 1.16 bits per heavy atom. The van der Waals surface area contributed by atoms with Gasteiger partial charge in [-0.1, -0.05) is 0 Å². The third kappa shape index (κ3) is 8.43. The molecule has 37 heavy (non-hydrogen) atoms. The number of anilines is 2. The number of alkyl carbamates (subject to hydrolysis) is 1. The van der Waals surface area contributed by atoms with E-state index in [-0.39, 0.29) is 24.9 Å². The molecule has 204 valence electrons. The summed E-state index contributed by atoms with van der Waals surface area (Å²) in [6.45, 7) is 7.21. The molecule has 4 N–H and O–H groups in total. The minimum absolute atomic E-state index is 0.0107. The summed E-state index contributed by atoms with van der Waals surface area (Å²) in [6.07, 6.45) is 0.968. The lowest BCUT2D eigenvalue weighted by Crippen LogP contribution is -2.49. The van der Waals surface area contributed by atoms with Gasteiger partial charge in [-0.25, -0.2) is 9.59 Å². The molecule has 3 rings (SSSR count). The molecule has 2 amide bonds. The van der Waals surface area contributed by atoms with Gasteiger partial charge in [-0.15, -0.1) is 0 Å². The molecule has 0 aromatic heterocycles. The van der Waals surface area contributed by atoms with Gasteiger partial charge in [-0.2, -0.15) is 0 Å². The molecular weight excluding hydrogens is 480 g/mol. The highest BCUT2D eigenvalue weighted by molar-refractivity contribution is 5.94. The van der Waals surface area contributed by atoms with Gasteiger partial charge in [0.25, 0.3) is 0 Å². The van der Waals surface area contributed by atoms with Crippen molar-refractivity contribution in [1.82, 2.24) is 15.5 Å². The Hall–Kier alpha value is -3.70. The predicted molar refractivity (Wildman–Crippen MR) is 140 cm³/mol. The third-order valence-corrected chi connectivity index (χ3v) is 6.14. The molecule has 2 heterocycles. The molecule has 1 aromatic rings. The van der Waals surface area contributed by atoms with E-state index in [1.807, 2.05) is 18.2 Å². The van der Waals surface area contributed by atoms with Crippen molar-refractivity contribution >= 4 is 35.3 Å². The largest absolute Gasteiger partial charge is 0.495 e. The number of carboxylic acids is 1. The van der Waals surface area contributed by atoms with Crippen LogP contribution in [0.2, 0.25) is 0 Å². The van der Waals surface area contributed by atoms with Crippen LogP contribution in [0.25, 0.3) is 0 Å². The molecule has 1 aromatic carbocycles. The zero-order valence-corrected chi connectivity index (χ0v) is 21.8. The summed E-state index contributed by atoms with van der Waals surface area (Å²) in [5.74, 6) is 0.147. The number of hydrogen-bond donors (Lipinski definition) is 4. The van der Waals surface area contributed by atoms with Crippen molar-refractivity contribution < 1.29 is 29.0 Å². The Bertz CT molecular complexity index is 976. The average Bonchev–Trinajstić information content (AvgIpc) is 3.14. The van der Waals surface area contributed by atoms with Gasteiger partial charge in [0.15, 0.2) is 5.96 Å². The summed E-state index contributed by atoms with van der Waals surface area (Å²) in [4.78, 5) is 44.5. The number of carbonyl (C=O) groups excluding carboxylic acids is 2. The number of hydrogen-bond acceptors (Lipinski definition) is 9. The van der Waals surface area contributed by atoms with E-state index in [0.717, 1.165) is 49.0 Å². The lowest BCUT2D eigenvalue weighted by Gasteiger charge is -2.37. The quantitative estimate of drug-likeness (QED) is 0.385. The molecule has 2 aliphatic rings. The van der Waals surface area contributed by atoms with Gasteiger partial charge in [0.1, 0.15) is 11.8 Å².